The third-order valence-electron chi connectivity index (χ3n) is 2.75. The van der Waals surface area contributed by atoms with E-state index in [2.05, 4.69) is 47.2 Å². The van der Waals surface area contributed by atoms with Crippen molar-refractivity contribution in [2.24, 2.45) is 11.3 Å². The second kappa shape index (κ2) is 5.16. The van der Waals surface area contributed by atoms with Gasteiger partial charge < -0.3 is 0 Å². The predicted molar refractivity (Wildman–Crippen MR) is 60.9 cm³/mol. The Morgan fingerprint density at radius 1 is 1.08 bits per heavy atom. The van der Waals surface area contributed by atoms with Gasteiger partial charge in [-0.2, -0.15) is 12.6 Å². The highest BCUT2D eigenvalue weighted by molar-refractivity contribution is 7.80. The minimum absolute atomic E-state index is 0.449. The highest BCUT2D eigenvalue weighted by Gasteiger charge is 2.24. The van der Waals surface area contributed by atoms with Crippen LogP contribution in [0.5, 0.6) is 0 Å². The zero-order valence-corrected chi connectivity index (χ0v) is 10.1. The maximum Gasteiger partial charge on any atom is 0.00170 e. The molecule has 0 aliphatic heterocycles. The van der Waals surface area contributed by atoms with Gasteiger partial charge in [0.2, 0.25) is 0 Å². The molecule has 0 aromatic rings. The van der Waals surface area contributed by atoms with Crippen LogP contribution in [-0.4, -0.2) is 5.25 Å². The fourth-order valence-electron chi connectivity index (χ4n) is 1.63. The van der Waals surface area contributed by atoms with Crippen LogP contribution in [0.25, 0.3) is 0 Å². The van der Waals surface area contributed by atoms with Gasteiger partial charge in [0.25, 0.3) is 0 Å². The Morgan fingerprint density at radius 2 is 1.58 bits per heavy atom. The van der Waals surface area contributed by atoms with E-state index in [0.717, 1.165) is 5.92 Å². The SMILES string of the molecule is CCC(S)CC(CC)C(C)(C)C. The maximum atomic E-state index is 4.56. The van der Waals surface area contributed by atoms with E-state index in [1.165, 1.54) is 19.3 Å². The van der Waals surface area contributed by atoms with Crippen LogP contribution in [0.15, 0.2) is 0 Å². The summed E-state index contributed by atoms with van der Waals surface area (Å²) >= 11 is 4.56. The van der Waals surface area contributed by atoms with Crippen molar-refractivity contribution in [1.29, 1.82) is 0 Å². The van der Waals surface area contributed by atoms with Crippen molar-refractivity contribution in [3.05, 3.63) is 0 Å². The molecule has 0 bridgehead atoms. The normalized spacial score (nSPS) is 17.5. The molecule has 0 nitrogen and oxygen atoms in total. The quantitative estimate of drug-likeness (QED) is 0.629. The Balaban J connectivity index is 4.00. The van der Waals surface area contributed by atoms with Crippen LogP contribution >= 0.6 is 12.6 Å². The minimum atomic E-state index is 0.449. The number of hydrogen-bond donors (Lipinski definition) is 1. The molecule has 1 heteroatoms. The second-order valence-electron chi connectivity index (χ2n) is 4.77. The van der Waals surface area contributed by atoms with Crippen LogP contribution in [0.2, 0.25) is 0 Å². The molecule has 0 heterocycles. The molecule has 0 saturated carbocycles. The van der Waals surface area contributed by atoms with Crippen molar-refractivity contribution >= 4 is 12.6 Å². The molecule has 0 fully saturated rings. The number of hydrogen-bond acceptors (Lipinski definition) is 1. The van der Waals surface area contributed by atoms with Crippen LogP contribution in [0.4, 0.5) is 0 Å². The fourth-order valence-corrected chi connectivity index (χ4v) is 1.88. The minimum Gasteiger partial charge on any atom is -0.176 e. The van der Waals surface area contributed by atoms with Crippen LogP contribution in [-0.2, 0) is 0 Å². The Bertz CT molecular complexity index is 113. The first-order chi connectivity index (χ1) is 5.41. The maximum absolute atomic E-state index is 4.56. The predicted octanol–water partition coefficient (Wildman–Crippen LogP) is 4.16. The summed E-state index contributed by atoms with van der Waals surface area (Å²) in [5.41, 5.74) is 0.449. The third-order valence-corrected chi connectivity index (χ3v) is 3.32. The van der Waals surface area contributed by atoms with Gasteiger partial charge in [0.1, 0.15) is 0 Å². The van der Waals surface area contributed by atoms with Gasteiger partial charge in [-0.3, -0.25) is 0 Å². The van der Waals surface area contributed by atoms with Crippen molar-refractivity contribution in [3.8, 4) is 0 Å². The van der Waals surface area contributed by atoms with Crippen molar-refractivity contribution < 1.29 is 0 Å². The second-order valence-corrected chi connectivity index (χ2v) is 5.50. The van der Waals surface area contributed by atoms with Gasteiger partial charge in [-0.05, 0) is 24.2 Å². The van der Waals surface area contributed by atoms with Crippen molar-refractivity contribution in [1.82, 2.24) is 0 Å². The van der Waals surface area contributed by atoms with E-state index in [1.54, 1.807) is 0 Å². The van der Waals surface area contributed by atoms with Crippen molar-refractivity contribution in [2.75, 3.05) is 0 Å². The number of rotatable bonds is 4. The highest BCUT2D eigenvalue weighted by Crippen LogP contribution is 2.33. The van der Waals surface area contributed by atoms with E-state index in [4.69, 9.17) is 0 Å². The summed E-state index contributed by atoms with van der Waals surface area (Å²) in [6, 6.07) is 0. The number of thiol groups is 1. The van der Waals surface area contributed by atoms with Gasteiger partial charge >= 0.3 is 0 Å². The molecule has 0 aromatic carbocycles. The topological polar surface area (TPSA) is 0 Å². The first-order valence-electron chi connectivity index (χ1n) is 5.09. The zero-order chi connectivity index (χ0) is 9.78. The van der Waals surface area contributed by atoms with Crippen molar-refractivity contribution in [2.45, 2.75) is 59.1 Å². The summed E-state index contributed by atoms with van der Waals surface area (Å²) in [4.78, 5) is 0. The Labute approximate surface area is 83.5 Å². The highest BCUT2D eigenvalue weighted by atomic mass is 32.1. The summed E-state index contributed by atoms with van der Waals surface area (Å²) < 4.78 is 0. The molecular formula is C11H24S. The van der Waals surface area contributed by atoms with E-state index in [-0.39, 0.29) is 0 Å². The molecule has 0 aliphatic carbocycles. The van der Waals surface area contributed by atoms with Crippen molar-refractivity contribution in [3.63, 3.8) is 0 Å². The summed E-state index contributed by atoms with van der Waals surface area (Å²) in [6.07, 6.45) is 3.73. The fraction of sp³-hybridized carbons (Fsp3) is 1.00. The molecule has 2 unspecified atom stereocenters. The van der Waals surface area contributed by atoms with E-state index < -0.39 is 0 Å². The molecule has 0 aliphatic rings. The summed E-state index contributed by atoms with van der Waals surface area (Å²) in [6.45, 7) is 11.5. The standard InChI is InChI=1S/C11H24S/c1-6-9(11(3,4)5)8-10(12)7-2/h9-10,12H,6-8H2,1-5H3. The average molecular weight is 188 g/mol. The molecule has 0 amide bonds. The lowest BCUT2D eigenvalue weighted by Gasteiger charge is -2.31. The van der Waals surface area contributed by atoms with Gasteiger partial charge in [0, 0.05) is 5.25 Å². The van der Waals surface area contributed by atoms with Gasteiger partial charge in [-0.25, -0.2) is 0 Å². The van der Waals surface area contributed by atoms with E-state index in [1.807, 2.05) is 0 Å². The largest absolute Gasteiger partial charge is 0.176 e. The summed E-state index contributed by atoms with van der Waals surface area (Å²) in [5.74, 6) is 0.819. The van der Waals surface area contributed by atoms with Crippen LogP contribution < -0.4 is 0 Å². The molecular weight excluding hydrogens is 164 g/mol. The average Bonchev–Trinajstić information content (AvgIpc) is 1.97. The van der Waals surface area contributed by atoms with Crippen LogP contribution in [0.1, 0.15) is 53.9 Å². The van der Waals surface area contributed by atoms with E-state index in [9.17, 15) is 0 Å². The molecule has 12 heavy (non-hydrogen) atoms. The zero-order valence-electron chi connectivity index (χ0n) is 9.22. The smallest absolute Gasteiger partial charge is 0.00170 e. The third kappa shape index (κ3) is 4.39. The van der Waals surface area contributed by atoms with E-state index >= 15 is 0 Å². The first-order valence-corrected chi connectivity index (χ1v) is 5.61. The molecule has 74 valence electrons. The molecule has 0 N–H and O–H groups in total. The molecule has 0 radical (unpaired) electrons. The van der Waals surface area contributed by atoms with Gasteiger partial charge in [0.15, 0.2) is 0 Å². The first kappa shape index (κ1) is 12.3. The van der Waals surface area contributed by atoms with Crippen LogP contribution in [0.3, 0.4) is 0 Å². The monoisotopic (exact) mass is 188 g/mol. The van der Waals surface area contributed by atoms with E-state index in [0.29, 0.717) is 10.7 Å². The van der Waals surface area contributed by atoms with Crippen LogP contribution in [0, 0.1) is 11.3 Å². The summed E-state index contributed by atoms with van der Waals surface area (Å²) in [7, 11) is 0. The lowest BCUT2D eigenvalue weighted by atomic mass is 9.76. The Kier molecular flexibility index (Phi) is 5.31. The molecule has 2 atom stereocenters. The Morgan fingerprint density at radius 3 is 1.83 bits per heavy atom. The molecule has 0 rings (SSSR count). The molecule has 0 spiro atoms. The molecule has 0 aromatic heterocycles. The summed E-state index contributed by atoms with van der Waals surface area (Å²) in [5, 5.41) is 0.592. The Hall–Kier alpha value is 0.350. The van der Waals surface area contributed by atoms with Gasteiger partial charge in [-0.15, -0.1) is 0 Å². The molecule has 0 saturated heterocycles. The lowest BCUT2D eigenvalue weighted by molar-refractivity contribution is 0.217. The lowest BCUT2D eigenvalue weighted by Crippen LogP contribution is -2.22. The van der Waals surface area contributed by atoms with Gasteiger partial charge in [-0.1, -0.05) is 41.0 Å². The van der Waals surface area contributed by atoms with Gasteiger partial charge in [0.05, 0.1) is 0 Å².